The van der Waals surface area contributed by atoms with Crippen LogP contribution in [-0.2, 0) is 6.42 Å². The molecule has 0 aromatic carbocycles. The molecule has 5 nitrogen and oxygen atoms in total. The Hall–Kier alpha value is -1.91. The number of hydrogen-bond donors (Lipinski definition) is 1. The molecule has 0 fully saturated rings. The van der Waals surface area contributed by atoms with Crippen molar-refractivity contribution < 1.29 is 4.79 Å². The quantitative estimate of drug-likeness (QED) is 0.744. The third kappa shape index (κ3) is 1.32. The van der Waals surface area contributed by atoms with Gasteiger partial charge in [-0.1, -0.05) is 6.92 Å². The highest BCUT2D eigenvalue weighted by molar-refractivity contribution is 5.94. The number of primary amides is 1. The molecule has 0 unspecified atom stereocenters. The molecule has 2 N–H and O–H groups in total. The molecule has 14 heavy (non-hydrogen) atoms. The van der Waals surface area contributed by atoms with Crippen molar-refractivity contribution in [2.75, 3.05) is 0 Å². The largest absolute Gasteiger partial charge is 0.366 e. The Kier molecular flexibility index (Phi) is 1.92. The first kappa shape index (κ1) is 8.68. The molecule has 2 rings (SSSR count). The number of aryl methyl sites for hydroxylation is 1. The van der Waals surface area contributed by atoms with E-state index in [0.29, 0.717) is 5.56 Å². The SMILES string of the molecule is CCc1ncc2cc(C(N)=O)cn2n1. The van der Waals surface area contributed by atoms with E-state index >= 15 is 0 Å². The van der Waals surface area contributed by atoms with Crippen LogP contribution >= 0.6 is 0 Å². The van der Waals surface area contributed by atoms with Crippen molar-refractivity contribution in [3.05, 3.63) is 29.8 Å². The van der Waals surface area contributed by atoms with Crippen molar-refractivity contribution in [1.29, 1.82) is 0 Å². The summed E-state index contributed by atoms with van der Waals surface area (Å²) < 4.78 is 1.62. The van der Waals surface area contributed by atoms with Crippen LogP contribution < -0.4 is 5.73 Å². The van der Waals surface area contributed by atoms with Crippen molar-refractivity contribution in [2.45, 2.75) is 13.3 Å². The Morgan fingerprint density at radius 2 is 2.43 bits per heavy atom. The second-order valence-corrected chi connectivity index (χ2v) is 2.99. The van der Waals surface area contributed by atoms with Gasteiger partial charge in [0, 0.05) is 12.6 Å². The van der Waals surface area contributed by atoms with Gasteiger partial charge in [-0.25, -0.2) is 9.50 Å². The topological polar surface area (TPSA) is 73.3 Å². The van der Waals surface area contributed by atoms with Gasteiger partial charge >= 0.3 is 0 Å². The van der Waals surface area contributed by atoms with E-state index in [-0.39, 0.29) is 0 Å². The molecule has 1 amide bonds. The van der Waals surface area contributed by atoms with Crippen molar-refractivity contribution in [3.8, 4) is 0 Å². The van der Waals surface area contributed by atoms with Crippen LogP contribution in [0.15, 0.2) is 18.5 Å². The minimum atomic E-state index is -0.450. The van der Waals surface area contributed by atoms with Gasteiger partial charge in [0.2, 0.25) is 5.91 Å². The van der Waals surface area contributed by atoms with Crippen LogP contribution in [0.25, 0.3) is 5.52 Å². The molecule has 0 radical (unpaired) electrons. The van der Waals surface area contributed by atoms with E-state index in [2.05, 4.69) is 10.1 Å². The van der Waals surface area contributed by atoms with Crippen molar-refractivity contribution >= 4 is 11.4 Å². The first-order valence-corrected chi connectivity index (χ1v) is 4.35. The first-order chi connectivity index (χ1) is 6.70. The maximum Gasteiger partial charge on any atom is 0.250 e. The van der Waals surface area contributed by atoms with Gasteiger partial charge in [0.25, 0.3) is 0 Å². The predicted octanol–water partition coefficient (Wildman–Crippen LogP) is 0.391. The van der Waals surface area contributed by atoms with Gasteiger partial charge in [-0.05, 0) is 6.07 Å². The molecule has 0 saturated carbocycles. The van der Waals surface area contributed by atoms with E-state index in [4.69, 9.17) is 5.73 Å². The second kappa shape index (κ2) is 3.10. The van der Waals surface area contributed by atoms with Gasteiger partial charge in [0.05, 0.1) is 17.3 Å². The fourth-order valence-electron chi connectivity index (χ4n) is 1.24. The monoisotopic (exact) mass is 190 g/mol. The highest BCUT2D eigenvalue weighted by atomic mass is 16.1. The number of carbonyl (C=O) groups excluding carboxylic acids is 1. The molecule has 0 bridgehead atoms. The van der Waals surface area contributed by atoms with Gasteiger partial charge in [-0.2, -0.15) is 5.10 Å². The number of nitrogens with two attached hydrogens (primary N) is 1. The molecular formula is C9H10N4O. The average Bonchev–Trinajstić information content (AvgIpc) is 2.59. The lowest BCUT2D eigenvalue weighted by molar-refractivity contribution is 0.100. The number of carbonyl (C=O) groups is 1. The van der Waals surface area contributed by atoms with Crippen molar-refractivity contribution in [1.82, 2.24) is 14.6 Å². The molecular weight excluding hydrogens is 180 g/mol. The minimum absolute atomic E-state index is 0.450. The fraction of sp³-hybridized carbons (Fsp3) is 0.222. The van der Waals surface area contributed by atoms with E-state index in [0.717, 1.165) is 17.8 Å². The van der Waals surface area contributed by atoms with Crippen LogP contribution in [0, 0.1) is 0 Å². The second-order valence-electron chi connectivity index (χ2n) is 2.99. The van der Waals surface area contributed by atoms with E-state index in [1.54, 1.807) is 23.0 Å². The first-order valence-electron chi connectivity index (χ1n) is 4.35. The summed E-state index contributed by atoms with van der Waals surface area (Å²) in [4.78, 5) is 15.0. The number of nitrogens with zero attached hydrogens (tertiary/aromatic N) is 3. The van der Waals surface area contributed by atoms with E-state index in [1.165, 1.54) is 0 Å². The molecule has 0 saturated heterocycles. The van der Waals surface area contributed by atoms with Gasteiger partial charge in [-0.15, -0.1) is 0 Å². The van der Waals surface area contributed by atoms with Crippen LogP contribution in [0.4, 0.5) is 0 Å². The molecule has 0 atom stereocenters. The minimum Gasteiger partial charge on any atom is -0.366 e. The normalized spacial score (nSPS) is 10.6. The highest BCUT2D eigenvalue weighted by Crippen LogP contribution is 2.07. The van der Waals surface area contributed by atoms with Crippen molar-refractivity contribution in [3.63, 3.8) is 0 Å². The molecule has 0 aliphatic rings. The summed E-state index contributed by atoms with van der Waals surface area (Å²) in [5.41, 5.74) is 6.37. The lowest BCUT2D eigenvalue weighted by atomic mass is 10.3. The van der Waals surface area contributed by atoms with Crippen LogP contribution in [0.2, 0.25) is 0 Å². The Balaban J connectivity index is 2.60. The third-order valence-electron chi connectivity index (χ3n) is 2.00. The molecule has 0 aliphatic carbocycles. The van der Waals surface area contributed by atoms with E-state index < -0.39 is 5.91 Å². The number of hydrogen-bond acceptors (Lipinski definition) is 3. The Morgan fingerprint density at radius 1 is 1.64 bits per heavy atom. The summed E-state index contributed by atoms with van der Waals surface area (Å²) in [6, 6.07) is 1.67. The van der Waals surface area contributed by atoms with Crippen LogP contribution in [0.5, 0.6) is 0 Å². The third-order valence-corrected chi connectivity index (χ3v) is 2.00. The molecule has 2 aromatic heterocycles. The summed E-state index contributed by atoms with van der Waals surface area (Å²) in [5, 5.41) is 4.19. The average molecular weight is 190 g/mol. The van der Waals surface area contributed by atoms with Crippen molar-refractivity contribution in [2.24, 2.45) is 5.73 Å². The van der Waals surface area contributed by atoms with E-state index in [9.17, 15) is 4.79 Å². The zero-order valence-electron chi connectivity index (χ0n) is 7.77. The zero-order chi connectivity index (χ0) is 10.1. The number of amides is 1. The Morgan fingerprint density at radius 3 is 3.07 bits per heavy atom. The van der Waals surface area contributed by atoms with Gasteiger partial charge in [-0.3, -0.25) is 4.79 Å². The number of fused-ring (bicyclic) bond motifs is 1. The molecule has 2 heterocycles. The maximum absolute atomic E-state index is 10.9. The number of rotatable bonds is 2. The summed E-state index contributed by atoms with van der Waals surface area (Å²) in [6.45, 7) is 1.97. The maximum atomic E-state index is 10.9. The Bertz CT molecular complexity index is 489. The molecule has 72 valence electrons. The summed E-state index contributed by atoms with van der Waals surface area (Å²) in [5.74, 6) is 0.290. The van der Waals surface area contributed by atoms with E-state index in [1.807, 2.05) is 6.92 Å². The van der Waals surface area contributed by atoms with Gasteiger partial charge in [0.15, 0.2) is 0 Å². The Labute approximate surface area is 80.6 Å². The number of aromatic nitrogens is 3. The zero-order valence-corrected chi connectivity index (χ0v) is 7.77. The van der Waals surface area contributed by atoms with Gasteiger partial charge in [0.1, 0.15) is 5.82 Å². The lowest BCUT2D eigenvalue weighted by Crippen LogP contribution is -2.09. The van der Waals surface area contributed by atoms with Crippen LogP contribution in [-0.4, -0.2) is 20.5 Å². The molecule has 0 aliphatic heterocycles. The predicted molar refractivity (Wildman–Crippen MR) is 50.9 cm³/mol. The smallest absolute Gasteiger partial charge is 0.250 e. The lowest BCUT2D eigenvalue weighted by Gasteiger charge is -1.95. The highest BCUT2D eigenvalue weighted by Gasteiger charge is 2.05. The summed E-state index contributed by atoms with van der Waals surface area (Å²) >= 11 is 0. The summed E-state index contributed by atoms with van der Waals surface area (Å²) in [7, 11) is 0. The fourth-order valence-corrected chi connectivity index (χ4v) is 1.24. The van der Waals surface area contributed by atoms with Crippen LogP contribution in [0.3, 0.4) is 0 Å². The standard InChI is InChI=1S/C9H10N4O/c1-2-8-11-4-7-3-6(9(10)14)5-13(7)12-8/h3-5H,2H2,1H3,(H2,10,14). The van der Waals surface area contributed by atoms with Crippen LogP contribution in [0.1, 0.15) is 23.1 Å². The molecule has 0 spiro atoms. The van der Waals surface area contributed by atoms with Gasteiger partial charge < -0.3 is 5.73 Å². The molecule has 5 heteroatoms. The molecule has 2 aromatic rings. The summed E-state index contributed by atoms with van der Waals surface area (Å²) in [6.07, 6.45) is 4.05.